The van der Waals surface area contributed by atoms with Crippen LogP contribution in [0, 0.1) is 0 Å². The molecule has 0 aliphatic carbocycles. The maximum atomic E-state index is 9.37. The fourth-order valence-corrected chi connectivity index (χ4v) is 1.50. The summed E-state index contributed by atoms with van der Waals surface area (Å²) in [5, 5.41) is 7.72. The van der Waals surface area contributed by atoms with E-state index < -0.39 is 5.97 Å². The second kappa shape index (κ2) is 12.8. The fourth-order valence-electron chi connectivity index (χ4n) is 0.167. The molecule has 0 aromatic heterocycles. The largest absolute Gasteiger partial charge is 0.481 e. The van der Waals surface area contributed by atoms with Crippen LogP contribution >= 0.6 is 21.6 Å². The molecule has 68 valence electrons. The van der Waals surface area contributed by atoms with E-state index in [-0.39, 0.29) is 6.42 Å². The molecule has 0 unspecified atom stereocenters. The standard InChI is InChI=1S/C4H10S2.C3H6O2/c1-3-5-6-4-2;1-2-3(4)5/h3-4H2,1-2H3;2H2,1H3,(H,4,5). The minimum atomic E-state index is -0.745. The molecule has 2 nitrogen and oxygen atoms in total. The molecule has 0 aliphatic rings. The molecule has 0 radical (unpaired) electrons. The van der Waals surface area contributed by atoms with Gasteiger partial charge in [0, 0.05) is 17.9 Å². The van der Waals surface area contributed by atoms with Crippen molar-refractivity contribution in [2.75, 3.05) is 11.5 Å². The molecule has 0 spiro atoms. The van der Waals surface area contributed by atoms with Crippen LogP contribution < -0.4 is 0 Å². The molecule has 11 heavy (non-hydrogen) atoms. The molecular weight excluding hydrogens is 180 g/mol. The van der Waals surface area contributed by atoms with Gasteiger partial charge in [-0.05, 0) is 0 Å². The van der Waals surface area contributed by atoms with E-state index in [2.05, 4.69) is 13.8 Å². The van der Waals surface area contributed by atoms with E-state index in [1.54, 1.807) is 6.92 Å². The molecule has 0 fully saturated rings. The highest BCUT2D eigenvalue weighted by Gasteiger charge is 1.80. The molecule has 0 saturated carbocycles. The van der Waals surface area contributed by atoms with Gasteiger partial charge in [-0.25, -0.2) is 0 Å². The Labute approximate surface area is 76.5 Å². The predicted molar refractivity (Wildman–Crippen MR) is 54.2 cm³/mol. The van der Waals surface area contributed by atoms with Gasteiger partial charge < -0.3 is 5.11 Å². The molecule has 0 aromatic rings. The van der Waals surface area contributed by atoms with E-state index in [9.17, 15) is 4.79 Å². The first kappa shape index (κ1) is 13.7. The average molecular weight is 196 g/mol. The zero-order valence-corrected chi connectivity index (χ0v) is 8.93. The first-order valence-electron chi connectivity index (χ1n) is 3.65. The normalized spacial score (nSPS) is 8.27. The Hall–Kier alpha value is 0.170. The lowest BCUT2D eigenvalue weighted by Gasteiger charge is -1.86. The summed E-state index contributed by atoms with van der Waals surface area (Å²) in [6, 6.07) is 0. The highest BCUT2D eigenvalue weighted by Crippen LogP contribution is 2.18. The zero-order valence-electron chi connectivity index (χ0n) is 7.29. The van der Waals surface area contributed by atoms with Crippen molar-refractivity contribution in [3.8, 4) is 0 Å². The summed E-state index contributed by atoms with van der Waals surface area (Å²) in [6.45, 7) is 5.95. The lowest BCUT2D eigenvalue weighted by Crippen LogP contribution is -1.86. The van der Waals surface area contributed by atoms with E-state index in [0.717, 1.165) is 0 Å². The highest BCUT2D eigenvalue weighted by atomic mass is 33.1. The van der Waals surface area contributed by atoms with Gasteiger partial charge in [0.25, 0.3) is 0 Å². The van der Waals surface area contributed by atoms with Crippen molar-refractivity contribution in [2.45, 2.75) is 27.2 Å². The van der Waals surface area contributed by atoms with Crippen molar-refractivity contribution in [3.63, 3.8) is 0 Å². The van der Waals surface area contributed by atoms with E-state index >= 15 is 0 Å². The van der Waals surface area contributed by atoms with Crippen LogP contribution in [-0.2, 0) is 4.79 Å². The van der Waals surface area contributed by atoms with Crippen LogP contribution in [0.5, 0.6) is 0 Å². The third-order valence-corrected chi connectivity index (χ3v) is 3.17. The summed E-state index contributed by atoms with van der Waals surface area (Å²) in [7, 11) is 3.85. The molecule has 0 rings (SSSR count). The van der Waals surface area contributed by atoms with Crippen LogP contribution in [-0.4, -0.2) is 22.6 Å². The smallest absolute Gasteiger partial charge is 0.303 e. The Balaban J connectivity index is 0. The summed E-state index contributed by atoms with van der Waals surface area (Å²) >= 11 is 0. The van der Waals surface area contributed by atoms with Crippen molar-refractivity contribution in [2.24, 2.45) is 0 Å². The topological polar surface area (TPSA) is 37.3 Å². The first-order valence-corrected chi connectivity index (χ1v) is 6.13. The number of carboxylic acids is 1. The number of rotatable bonds is 4. The highest BCUT2D eigenvalue weighted by molar-refractivity contribution is 8.76. The number of carbonyl (C=O) groups is 1. The van der Waals surface area contributed by atoms with Crippen LogP contribution in [0.1, 0.15) is 27.2 Å². The van der Waals surface area contributed by atoms with Gasteiger partial charge in [-0.15, -0.1) is 0 Å². The van der Waals surface area contributed by atoms with E-state index in [0.29, 0.717) is 0 Å². The van der Waals surface area contributed by atoms with Crippen LogP contribution in [0.2, 0.25) is 0 Å². The molecule has 0 amide bonds. The number of carboxylic acid groups (broad SMARTS) is 1. The zero-order chi connectivity index (χ0) is 9.11. The van der Waals surface area contributed by atoms with E-state index in [4.69, 9.17) is 5.11 Å². The van der Waals surface area contributed by atoms with Crippen molar-refractivity contribution in [1.82, 2.24) is 0 Å². The van der Waals surface area contributed by atoms with Gasteiger partial charge in [-0.2, -0.15) is 0 Å². The third-order valence-electron chi connectivity index (χ3n) is 0.621. The Morgan fingerprint density at radius 3 is 1.55 bits per heavy atom. The van der Waals surface area contributed by atoms with E-state index in [1.165, 1.54) is 11.5 Å². The van der Waals surface area contributed by atoms with Crippen LogP contribution in [0.15, 0.2) is 0 Å². The molecule has 0 heterocycles. The Morgan fingerprint density at radius 1 is 1.18 bits per heavy atom. The minimum absolute atomic E-state index is 0.222. The first-order chi connectivity index (χ1) is 5.18. The molecular formula is C7H16O2S2. The van der Waals surface area contributed by atoms with Crippen molar-refractivity contribution >= 4 is 27.6 Å². The molecule has 1 N–H and O–H groups in total. The van der Waals surface area contributed by atoms with Gasteiger partial charge in [0.05, 0.1) is 0 Å². The van der Waals surface area contributed by atoms with Crippen LogP contribution in [0.3, 0.4) is 0 Å². The van der Waals surface area contributed by atoms with Gasteiger partial charge in [-0.1, -0.05) is 42.4 Å². The number of hydrogen-bond acceptors (Lipinski definition) is 3. The SMILES string of the molecule is CCC(=O)O.CCSSCC. The summed E-state index contributed by atoms with van der Waals surface area (Å²) < 4.78 is 0. The Morgan fingerprint density at radius 2 is 1.45 bits per heavy atom. The predicted octanol–water partition coefficient (Wildman–Crippen LogP) is 2.89. The molecule has 0 saturated heterocycles. The summed E-state index contributed by atoms with van der Waals surface area (Å²) in [5.41, 5.74) is 0. The third kappa shape index (κ3) is 25.4. The fraction of sp³-hybridized carbons (Fsp3) is 0.857. The minimum Gasteiger partial charge on any atom is -0.481 e. The molecule has 0 aromatic carbocycles. The maximum Gasteiger partial charge on any atom is 0.303 e. The molecule has 0 bridgehead atoms. The maximum absolute atomic E-state index is 9.37. The average Bonchev–Trinajstić information content (AvgIpc) is 2.02. The van der Waals surface area contributed by atoms with Crippen LogP contribution in [0.25, 0.3) is 0 Å². The monoisotopic (exact) mass is 196 g/mol. The Kier molecular flexibility index (Phi) is 16.0. The number of hydrogen-bond donors (Lipinski definition) is 1. The quantitative estimate of drug-likeness (QED) is 0.554. The van der Waals surface area contributed by atoms with Gasteiger partial charge >= 0.3 is 5.97 Å². The summed E-state index contributed by atoms with van der Waals surface area (Å²) in [5.74, 6) is 1.72. The second-order valence-corrected chi connectivity index (χ2v) is 4.60. The molecule has 4 heteroatoms. The number of aliphatic carboxylic acids is 1. The Bertz CT molecular complexity index is 82.5. The van der Waals surface area contributed by atoms with Gasteiger partial charge in [-0.3, -0.25) is 4.79 Å². The summed E-state index contributed by atoms with van der Waals surface area (Å²) in [6.07, 6.45) is 0.222. The lowest BCUT2D eigenvalue weighted by atomic mass is 10.5. The molecule has 0 atom stereocenters. The van der Waals surface area contributed by atoms with Crippen molar-refractivity contribution < 1.29 is 9.90 Å². The summed E-state index contributed by atoms with van der Waals surface area (Å²) in [4.78, 5) is 9.37. The van der Waals surface area contributed by atoms with Crippen LogP contribution in [0.4, 0.5) is 0 Å². The van der Waals surface area contributed by atoms with Gasteiger partial charge in [0.15, 0.2) is 0 Å². The van der Waals surface area contributed by atoms with E-state index in [1.807, 2.05) is 21.6 Å². The van der Waals surface area contributed by atoms with Crippen molar-refractivity contribution in [3.05, 3.63) is 0 Å². The van der Waals surface area contributed by atoms with Gasteiger partial charge in [0.2, 0.25) is 0 Å². The van der Waals surface area contributed by atoms with Gasteiger partial charge in [0.1, 0.15) is 0 Å². The molecule has 0 aliphatic heterocycles. The second-order valence-electron chi connectivity index (χ2n) is 1.56. The van der Waals surface area contributed by atoms with Crippen molar-refractivity contribution in [1.29, 1.82) is 0 Å². The lowest BCUT2D eigenvalue weighted by molar-refractivity contribution is -0.136.